The third-order valence-corrected chi connectivity index (χ3v) is 5.41. The molecule has 1 atom stereocenters. The Labute approximate surface area is 172 Å². The zero-order chi connectivity index (χ0) is 20.7. The van der Waals surface area contributed by atoms with Crippen molar-refractivity contribution in [3.8, 4) is 11.4 Å². The Kier molecular flexibility index (Phi) is 4.55. The van der Waals surface area contributed by atoms with Crippen LogP contribution < -0.4 is 5.32 Å². The second kappa shape index (κ2) is 7.38. The molecule has 8 heteroatoms. The highest BCUT2D eigenvalue weighted by molar-refractivity contribution is 5.93. The van der Waals surface area contributed by atoms with Gasteiger partial charge in [0.05, 0.1) is 12.2 Å². The molecule has 1 amide bonds. The van der Waals surface area contributed by atoms with Gasteiger partial charge in [-0.2, -0.15) is 4.98 Å². The van der Waals surface area contributed by atoms with Crippen LogP contribution >= 0.6 is 0 Å². The molecule has 0 unspecified atom stereocenters. The molecule has 5 rings (SSSR count). The van der Waals surface area contributed by atoms with Gasteiger partial charge in [-0.15, -0.1) is 0 Å². The van der Waals surface area contributed by atoms with E-state index in [2.05, 4.69) is 26.5 Å². The van der Waals surface area contributed by atoms with E-state index in [0.29, 0.717) is 17.4 Å². The largest absolute Gasteiger partial charge is 0.375 e. The Bertz CT molecular complexity index is 1240. The van der Waals surface area contributed by atoms with Crippen LogP contribution in [-0.4, -0.2) is 32.5 Å². The lowest BCUT2D eigenvalue weighted by Gasteiger charge is -2.14. The molecular weight excluding hydrogens is 382 g/mol. The lowest BCUT2D eigenvalue weighted by Crippen LogP contribution is -2.28. The molecule has 4 aromatic rings. The standard InChI is InChI=1S/C22H21N5O3/c1-13-3-8-19-23-10-18(27(19)11-13)22(28)24-17-7-5-14-9-15(4-6-16(14)17)21-25-20(12-29-2)30-26-21/h3-4,6,8-11,17H,5,7,12H2,1-2H3,(H,24,28)/t17-/m1/s1. The lowest BCUT2D eigenvalue weighted by atomic mass is 10.0. The molecule has 1 aliphatic rings. The second-order valence-electron chi connectivity index (χ2n) is 7.50. The van der Waals surface area contributed by atoms with E-state index in [-0.39, 0.29) is 18.6 Å². The van der Waals surface area contributed by atoms with Gasteiger partial charge in [-0.3, -0.25) is 9.20 Å². The van der Waals surface area contributed by atoms with Gasteiger partial charge < -0.3 is 14.6 Å². The van der Waals surface area contributed by atoms with Crippen LogP contribution in [0.25, 0.3) is 17.0 Å². The molecule has 3 heterocycles. The molecule has 8 nitrogen and oxygen atoms in total. The number of imidazole rings is 1. The van der Waals surface area contributed by atoms with E-state index >= 15 is 0 Å². The van der Waals surface area contributed by atoms with Crippen molar-refractivity contribution in [3.63, 3.8) is 0 Å². The van der Waals surface area contributed by atoms with Crippen LogP contribution in [0.15, 0.2) is 47.2 Å². The van der Waals surface area contributed by atoms with Gasteiger partial charge in [0.25, 0.3) is 11.8 Å². The molecule has 30 heavy (non-hydrogen) atoms. The fourth-order valence-electron chi connectivity index (χ4n) is 3.95. The quantitative estimate of drug-likeness (QED) is 0.550. The first kappa shape index (κ1) is 18.5. The molecule has 0 saturated heterocycles. The maximum Gasteiger partial charge on any atom is 0.270 e. The molecule has 152 valence electrons. The number of aromatic nitrogens is 4. The van der Waals surface area contributed by atoms with Gasteiger partial charge in [-0.1, -0.05) is 23.4 Å². The molecule has 1 aliphatic carbocycles. The Morgan fingerprint density at radius 2 is 2.23 bits per heavy atom. The number of carbonyl (C=O) groups is 1. The first-order valence-electron chi connectivity index (χ1n) is 9.81. The molecule has 0 aliphatic heterocycles. The summed E-state index contributed by atoms with van der Waals surface area (Å²) in [6.07, 6.45) is 5.27. The molecular formula is C22H21N5O3. The number of fused-ring (bicyclic) bond motifs is 2. The summed E-state index contributed by atoms with van der Waals surface area (Å²) < 4.78 is 12.0. The molecule has 1 N–H and O–H groups in total. The summed E-state index contributed by atoms with van der Waals surface area (Å²) in [6.45, 7) is 2.28. The maximum atomic E-state index is 12.9. The van der Waals surface area contributed by atoms with Gasteiger partial charge in [-0.05, 0) is 48.6 Å². The maximum absolute atomic E-state index is 12.9. The van der Waals surface area contributed by atoms with Crippen LogP contribution in [0.2, 0.25) is 0 Å². The molecule has 0 bridgehead atoms. The van der Waals surface area contributed by atoms with Crippen molar-refractivity contribution >= 4 is 11.6 Å². The number of carbonyl (C=O) groups excluding carboxylic acids is 1. The number of pyridine rings is 1. The minimum absolute atomic E-state index is 0.0359. The third kappa shape index (κ3) is 3.25. The number of methoxy groups -OCH3 is 1. The van der Waals surface area contributed by atoms with Gasteiger partial charge >= 0.3 is 0 Å². The fourth-order valence-corrected chi connectivity index (χ4v) is 3.95. The lowest BCUT2D eigenvalue weighted by molar-refractivity contribution is 0.0931. The van der Waals surface area contributed by atoms with E-state index in [9.17, 15) is 4.79 Å². The number of aryl methyl sites for hydroxylation is 2. The summed E-state index contributed by atoms with van der Waals surface area (Å²) in [5, 5.41) is 7.19. The van der Waals surface area contributed by atoms with Crippen molar-refractivity contribution < 1.29 is 14.1 Å². The number of ether oxygens (including phenoxy) is 1. The average Bonchev–Trinajstić information content (AvgIpc) is 3.46. The molecule has 0 fully saturated rings. The zero-order valence-corrected chi connectivity index (χ0v) is 16.8. The number of rotatable bonds is 5. The van der Waals surface area contributed by atoms with Gasteiger partial charge in [0, 0.05) is 18.9 Å². The second-order valence-corrected chi connectivity index (χ2v) is 7.50. The van der Waals surface area contributed by atoms with Crippen molar-refractivity contribution in [1.29, 1.82) is 0 Å². The summed E-state index contributed by atoms with van der Waals surface area (Å²) in [5.74, 6) is 0.859. The average molecular weight is 403 g/mol. The normalized spacial score (nSPS) is 15.5. The van der Waals surface area contributed by atoms with E-state index in [1.807, 2.05) is 41.8 Å². The summed E-state index contributed by atoms with van der Waals surface area (Å²) in [4.78, 5) is 21.6. The van der Waals surface area contributed by atoms with E-state index in [4.69, 9.17) is 9.26 Å². The Morgan fingerprint density at radius 1 is 1.33 bits per heavy atom. The van der Waals surface area contributed by atoms with Gasteiger partial charge in [0.2, 0.25) is 5.82 Å². The minimum atomic E-state index is -0.127. The van der Waals surface area contributed by atoms with Crippen molar-refractivity contribution in [1.82, 2.24) is 24.8 Å². The van der Waals surface area contributed by atoms with Crippen LogP contribution in [-0.2, 0) is 17.8 Å². The topological polar surface area (TPSA) is 94.5 Å². The van der Waals surface area contributed by atoms with Crippen LogP contribution in [0.1, 0.15) is 45.5 Å². The number of hydrogen-bond donors (Lipinski definition) is 1. The number of nitrogens with zero attached hydrogens (tertiary/aromatic N) is 4. The van der Waals surface area contributed by atoms with Crippen LogP contribution in [0.5, 0.6) is 0 Å². The highest BCUT2D eigenvalue weighted by atomic mass is 16.5. The highest BCUT2D eigenvalue weighted by Gasteiger charge is 2.26. The van der Waals surface area contributed by atoms with Crippen molar-refractivity contribution in [2.75, 3.05) is 7.11 Å². The zero-order valence-electron chi connectivity index (χ0n) is 16.8. The van der Waals surface area contributed by atoms with Gasteiger partial charge in [-0.25, -0.2) is 4.98 Å². The summed E-state index contributed by atoms with van der Waals surface area (Å²) in [5.41, 5.74) is 5.57. The van der Waals surface area contributed by atoms with Gasteiger partial charge in [0.15, 0.2) is 0 Å². The van der Waals surface area contributed by atoms with Crippen LogP contribution in [0, 0.1) is 6.92 Å². The van der Waals surface area contributed by atoms with Crippen molar-refractivity contribution in [2.45, 2.75) is 32.4 Å². The number of benzene rings is 1. The third-order valence-electron chi connectivity index (χ3n) is 5.41. The van der Waals surface area contributed by atoms with E-state index in [1.54, 1.807) is 13.3 Å². The minimum Gasteiger partial charge on any atom is -0.375 e. The van der Waals surface area contributed by atoms with Crippen LogP contribution in [0.3, 0.4) is 0 Å². The Balaban J connectivity index is 1.36. The molecule has 3 aromatic heterocycles. The number of nitrogens with one attached hydrogen (secondary N) is 1. The first-order valence-corrected chi connectivity index (χ1v) is 9.81. The number of amides is 1. The molecule has 0 radical (unpaired) electrons. The smallest absolute Gasteiger partial charge is 0.270 e. The summed E-state index contributed by atoms with van der Waals surface area (Å²) in [7, 11) is 1.59. The van der Waals surface area contributed by atoms with E-state index in [0.717, 1.165) is 35.2 Å². The predicted molar refractivity (Wildman–Crippen MR) is 109 cm³/mol. The molecule has 0 spiro atoms. The Hall–Kier alpha value is -3.52. The monoisotopic (exact) mass is 403 g/mol. The Morgan fingerprint density at radius 3 is 3.10 bits per heavy atom. The SMILES string of the molecule is COCc1nc(-c2ccc3c(c2)CC[C@H]3NC(=O)c2cnc3ccc(C)cn23)no1. The van der Waals surface area contributed by atoms with Crippen LogP contribution in [0.4, 0.5) is 0 Å². The fraction of sp³-hybridized carbons (Fsp3) is 0.273. The predicted octanol–water partition coefficient (Wildman–Crippen LogP) is 3.26. The van der Waals surface area contributed by atoms with E-state index < -0.39 is 0 Å². The number of hydrogen-bond acceptors (Lipinski definition) is 6. The molecule has 1 aromatic carbocycles. The summed E-state index contributed by atoms with van der Waals surface area (Å²) in [6, 6.07) is 9.92. The first-order chi connectivity index (χ1) is 14.6. The van der Waals surface area contributed by atoms with Crippen molar-refractivity contribution in [3.05, 3.63) is 71.0 Å². The molecule has 0 saturated carbocycles. The van der Waals surface area contributed by atoms with Crippen molar-refractivity contribution in [2.24, 2.45) is 0 Å². The van der Waals surface area contributed by atoms with Gasteiger partial charge in [0.1, 0.15) is 17.9 Å². The van der Waals surface area contributed by atoms with E-state index in [1.165, 1.54) is 5.56 Å². The highest BCUT2D eigenvalue weighted by Crippen LogP contribution is 2.34. The summed E-state index contributed by atoms with van der Waals surface area (Å²) >= 11 is 0.